The third kappa shape index (κ3) is 7.83. The highest BCUT2D eigenvalue weighted by molar-refractivity contribution is 7.90. The van der Waals surface area contributed by atoms with E-state index in [2.05, 4.69) is 10.6 Å². The summed E-state index contributed by atoms with van der Waals surface area (Å²) in [6, 6.07) is 10.9. The van der Waals surface area contributed by atoms with E-state index in [1.54, 1.807) is 24.3 Å². The van der Waals surface area contributed by atoms with Crippen LogP contribution in [-0.4, -0.2) is 51.7 Å². The molecule has 0 aliphatic carbocycles. The Morgan fingerprint density at radius 2 is 1.79 bits per heavy atom. The number of ether oxygens (including phenoxy) is 3. The summed E-state index contributed by atoms with van der Waals surface area (Å²) in [4.78, 5) is 25.2. The molecule has 1 heterocycles. The van der Waals surface area contributed by atoms with E-state index < -0.39 is 27.9 Å². The number of fused-ring (bicyclic) bond motifs is 1. The minimum absolute atomic E-state index is 0.00107. The van der Waals surface area contributed by atoms with Crippen molar-refractivity contribution in [3.05, 3.63) is 53.1 Å². The second-order valence-electron chi connectivity index (χ2n) is 7.50. The van der Waals surface area contributed by atoms with E-state index in [0.29, 0.717) is 31.1 Å². The van der Waals surface area contributed by atoms with Gasteiger partial charge in [-0.05, 0) is 12.0 Å². The number of hydrogen-bond donors (Lipinski definition) is 2. The Bertz CT molecular complexity index is 1090. The zero-order valence-electron chi connectivity index (χ0n) is 18.0. The maximum Gasteiger partial charge on any atom is 0.408 e. The molecule has 0 radical (unpaired) electrons. The van der Waals surface area contributed by atoms with Crippen LogP contribution in [0.1, 0.15) is 18.4 Å². The van der Waals surface area contributed by atoms with Gasteiger partial charge in [0, 0.05) is 24.8 Å². The van der Waals surface area contributed by atoms with E-state index in [1.165, 1.54) is 12.1 Å². The van der Waals surface area contributed by atoms with Gasteiger partial charge in [-0.1, -0.05) is 41.9 Å². The van der Waals surface area contributed by atoms with E-state index in [9.17, 15) is 18.0 Å². The molecule has 33 heavy (non-hydrogen) atoms. The van der Waals surface area contributed by atoms with Crippen molar-refractivity contribution in [3.63, 3.8) is 0 Å². The lowest BCUT2D eigenvalue weighted by Crippen LogP contribution is -2.45. The molecule has 11 heteroatoms. The first-order valence-corrected chi connectivity index (χ1v) is 12.7. The van der Waals surface area contributed by atoms with Crippen LogP contribution >= 0.6 is 11.6 Å². The van der Waals surface area contributed by atoms with Crippen molar-refractivity contribution in [2.45, 2.75) is 25.5 Å². The van der Waals surface area contributed by atoms with Gasteiger partial charge in [0.15, 0.2) is 11.5 Å². The Kier molecular flexibility index (Phi) is 8.40. The molecule has 1 aliphatic heterocycles. The highest BCUT2D eigenvalue weighted by Crippen LogP contribution is 2.37. The number of sulfone groups is 1. The van der Waals surface area contributed by atoms with Crippen LogP contribution in [0.5, 0.6) is 11.5 Å². The van der Waals surface area contributed by atoms with Gasteiger partial charge in [-0.3, -0.25) is 4.79 Å². The third-order valence-corrected chi connectivity index (χ3v) is 5.98. The number of benzene rings is 2. The van der Waals surface area contributed by atoms with Gasteiger partial charge in [0.2, 0.25) is 5.91 Å². The number of hydrogen-bond acceptors (Lipinski definition) is 7. The second-order valence-corrected chi connectivity index (χ2v) is 10.2. The molecule has 178 valence electrons. The SMILES string of the molecule is CS(=O)(=O)CCC(NC(=O)OCc1ccccc1)C(=O)Nc1cc2c(cc1Cl)OCCCO2. The Hall–Kier alpha value is -2.98. The Morgan fingerprint density at radius 3 is 2.45 bits per heavy atom. The van der Waals surface area contributed by atoms with Crippen molar-refractivity contribution >= 4 is 39.1 Å². The Morgan fingerprint density at radius 1 is 1.12 bits per heavy atom. The normalized spacial score (nSPS) is 14.0. The van der Waals surface area contributed by atoms with E-state index in [0.717, 1.165) is 11.8 Å². The summed E-state index contributed by atoms with van der Waals surface area (Å²) in [5, 5.41) is 5.27. The topological polar surface area (TPSA) is 120 Å². The van der Waals surface area contributed by atoms with E-state index in [1.807, 2.05) is 6.07 Å². The van der Waals surface area contributed by atoms with Crippen molar-refractivity contribution in [2.75, 3.05) is 30.5 Å². The molecule has 0 aromatic heterocycles. The van der Waals surface area contributed by atoms with Gasteiger partial charge in [-0.15, -0.1) is 0 Å². The number of rotatable bonds is 8. The molecule has 0 spiro atoms. The number of alkyl carbamates (subject to hydrolysis) is 1. The molecule has 3 rings (SSSR count). The smallest absolute Gasteiger partial charge is 0.408 e. The quantitative estimate of drug-likeness (QED) is 0.575. The Labute approximate surface area is 197 Å². The molecular weight excluding hydrogens is 472 g/mol. The third-order valence-electron chi connectivity index (χ3n) is 4.69. The fourth-order valence-corrected chi connectivity index (χ4v) is 3.87. The molecule has 2 N–H and O–H groups in total. The average Bonchev–Trinajstić information content (AvgIpc) is 3.00. The molecule has 2 amide bonds. The predicted octanol–water partition coefficient (Wildman–Crippen LogP) is 3.17. The van der Waals surface area contributed by atoms with Crippen molar-refractivity contribution in [3.8, 4) is 11.5 Å². The van der Waals surface area contributed by atoms with Crippen molar-refractivity contribution in [1.82, 2.24) is 5.32 Å². The molecule has 9 nitrogen and oxygen atoms in total. The summed E-state index contributed by atoms with van der Waals surface area (Å²) < 4.78 is 39.6. The summed E-state index contributed by atoms with van der Waals surface area (Å²) in [6.45, 7) is 0.937. The number of carbonyl (C=O) groups is 2. The van der Waals surface area contributed by atoms with Crippen LogP contribution < -0.4 is 20.1 Å². The minimum atomic E-state index is -3.38. The Balaban J connectivity index is 1.69. The molecule has 1 unspecified atom stereocenters. The largest absolute Gasteiger partial charge is 0.490 e. The number of carbonyl (C=O) groups excluding carboxylic acids is 2. The van der Waals surface area contributed by atoms with Crippen molar-refractivity contribution < 1.29 is 32.2 Å². The molecule has 1 aliphatic rings. The lowest BCUT2D eigenvalue weighted by Gasteiger charge is -2.19. The highest BCUT2D eigenvalue weighted by Gasteiger charge is 2.25. The van der Waals surface area contributed by atoms with Gasteiger partial charge in [-0.25, -0.2) is 13.2 Å². The molecular formula is C22H25ClN2O7S. The number of anilines is 1. The summed E-state index contributed by atoms with van der Waals surface area (Å²) in [7, 11) is -3.38. The zero-order chi connectivity index (χ0) is 23.8. The summed E-state index contributed by atoms with van der Waals surface area (Å²) in [5.74, 6) is -0.0626. The monoisotopic (exact) mass is 496 g/mol. The van der Waals surface area contributed by atoms with Crippen molar-refractivity contribution in [1.29, 1.82) is 0 Å². The first kappa shape index (κ1) is 24.7. The van der Waals surface area contributed by atoms with E-state index in [4.69, 9.17) is 25.8 Å². The fraction of sp³-hybridized carbons (Fsp3) is 0.364. The highest BCUT2D eigenvalue weighted by atomic mass is 35.5. The maximum absolute atomic E-state index is 12.9. The van der Waals surface area contributed by atoms with Crippen LogP contribution in [0.3, 0.4) is 0 Å². The fourth-order valence-electron chi connectivity index (χ4n) is 3.01. The lowest BCUT2D eigenvalue weighted by atomic mass is 10.2. The van der Waals surface area contributed by atoms with Gasteiger partial charge in [0.25, 0.3) is 0 Å². The van der Waals surface area contributed by atoms with Crippen LogP contribution in [0.15, 0.2) is 42.5 Å². The molecule has 0 bridgehead atoms. The zero-order valence-corrected chi connectivity index (χ0v) is 19.6. The summed E-state index contributed by atoms with van der Waals surface area (Å²) >= 11 is 6.28. The van der Waals surface area contributed by atoms with Crippen LogP contribution in [0.4, 0.5) is 10.5 Å². The van der Waals surface area contributed by atoms with Gasteiger partial charge in [0.05, 0.1) is 29.7 Å². The molecule has 0 saturated carbocycles. The molecule has 0 saturated heterocycles. The molecule has 0 fully saturated rings. The molecule has 1 atom stereocenters. The van der Waals surface area contributed by atoms with Gasteiger partial charge in [0.1, 0.15) is 22.5 Å². The standard InChI is InChI=1S/C22H25ClN2O7S/c1-33(28,29)11-8-17(25-22(27)32-14-15-6-3-2-4-7-15)21(26)24-18-13-20-19(12-16(18)23)30-9-5-10-31-20/h2-4,6-7,12-13,17H,5,8-11,14H2,1H3,(H,24,26)(H,25,27). The van der Waals surface area contributed by atoms with Crippen LogP contribution in [0.25, 0.3) is 0 Å². The number of halogens is 1. The lowest BCUT2D eigenvalue weighted by molar-refractivity contribution is -0.118. The molecule has 2 aromatic carbocycles. The molecule has 2 aromatic rings. The number of amides is 2. The number of nitrogens with one attached hydrogen (secondary N) is 2. The van der Waals surface area contributed by atoms with Gasteiger partial charge < -0.3 is 24.8 Å². The van der Waals surface area contributed by atoms with Gasteiger partial charge in [-0.2, -0.15) is 0 Å². The predicted molar refractivity (Wildman–Crippen MR) is 124 cm³/mol. The van der Waals surface area contributed by atoms with E-state index in [-0.39, 0.29) is 29.5 Å². The first-order valence-electron chi connectivity index (χ1n) is 10.3. The minimum Gasteiger partial charge on any atom is -0.490 e. The van der Waals surface area contributed by atoms with Crippen molar-refractivity contribution in [2.24, 2.45) is 0 Å². The van der Waals surface area contributed by atoms with Gasteiger partial charge >= 0.3 is 6.09 Å². The average molecular weight is 497 g/mol. The van der Waals surface area contributed by atoms with Crippen LogP contribution in [0.2, 0.25) is 5.02 Å². The second kappa shape index (κ2) is 11.2. The summed E-state index contributed by atoms with van der Waals surface area (Å²) in [5.41, 5.74) is 1.01. The van der Waals surface area contributed by atoms with Crippen LogP contribution in [0, 0.1) is 0 Å². The van der Waals surface area contributed by atoms with E-state index >= 15 is 0 Å². The van der Waals surface area contributed by atoms with Crippen LogP contribution in [-0.2, 0) is 26.0 Å². The first-order chi connectivity index (χ1) is 15.7. The maximum atomic E-state index is 12.9. The summed E-state index contributed by atoms with van der Waals surface area (Å²) in [6.07, 6.45) is 0.762.